The van der Waals surface area contributed by atoms with Crippen LogP contribution in [0, 0.1) is 22.6 Å². The molecule has 0 N–H and O–H groups in total. The molecule has 0 amide bonds. The lowest BCUT2D eigenvalue weighted by atomic mass is 9.70. The number of halogens is 1. The summed E-state index contributed by atoms with van der Waals surface area (Å²) in [4.78, 5) is 12.7. The second-order valence-corrected chi connectivity index (χ2v) is 6.03. The summed E-state index contributed by atoms with van der Waals surface area (Å²) in [6, 6.07) is 5.85. The molecular formula is C17H18FNO. The predicted octanol–water partition coefficient (Wildman–Crippen LogP) is 4.41. The lowest BCUT2D eigenvalue weighted by Gasteiger charge is -2.33. The summed E-state index contributed by atoms with van der Waals surface area (Å²) in [5, 5.41) is 8.74. The highest BCUT2D eigenvalue weighted by molar-refractivity contribution is 6.10. The molecule has 2 nitrogen and oxygen atoms in total. The van der Waals surface area contributed by atoms with Gasteiger partial charge in [0.05, 0.1) is 5.56 Å². The van der Waals surface area contributed by atoms with Crippen molar-refractivity contribution in [3.8, 4) is 6.07 Å². The van der Waals surface area contributed by atoms with E-state index < -0.39 is 5.82 Å². The number of hydrogen-bond donors (Lipinski definition) is 0. The average Bonchev–Trinajstić information content (AvgIpc) is 2.37. The molecule has 0 saturated heterocycles. The molecule has 0 unspecified atom stereocenters. The molecule has 0 bridgehead atoms. The van der Waals surface area contributed by atoms with Crippen molar-refractivity contribution >= 4 is 5.78 Å². The van der Waals surface area contributed by atoms with Crippen LogP contribution in [0.1, 0.15) is 56.0 Å². The highest BCUT2D eigenvalue weighted by Crippen LogP contribution is 2.41. The Morgan fingerprint density at radius 2 is 2.10 bits per heavy atom. The zero-order valence-corrected chi connectivity index (χ0v) is 12.1. The summed E-state index contributed by atoms with van der Waals surface area (Å²) in [6.07, 6.45) is 2.96. The lowest BCUT2D eigenvalue weighted by Crippen LogP contribution is -2.26. The zero-order valence-electron chi connectivity index (χ0n) is 12.1. The predicted molar refractivity (Wildman–Crippen MR) is 75.8 cm³/mol. The number of hydrogen-bond acceptors (Lipinski definition) is 2. The Bertz CT molecular complexity index is 635. The third-order valence-corrected chi connectivity index (χ3v) is 4.04. The first-order valence-corrected chi connectivity index (χ1v) is 6.81. The van der Waals surface area contributed by atoms with E-state index in [0.29, 0.717) is 5.56 Å². The normalized spacial score (nSPS) is 17.8. The molecule has 0 spiro atoms. The molecular weight excluding hydrogens is 253 g/mol. The summed E-state index contributed by atoms with van der Waals surface area (Å²) in [5.41, 5.74) is 2.01. The van der Waals surface area contributed by atoms with E-state index in [4.69, 9.17) is 5.26 Å². The summed E-state index contributed by atoms with van der Waals surface area (Å²) >= 11 is 0. The van der Waals surface area contributed by atoms with Crippen molar-refractivity contribution in [2.45, 2.75) is 40.0 Å². The van der Waals surface area contributed by atoms with E-state index >= 15 is 0 Å². The highest BCUT2D eigenvalue weighted by atomic mass is 19.1. The number of Topliss-reactive ketones (excluding diaryl/α,β-unsaturated/α-hetero) is 1. The second kappa shape index (κ2) is 5.20. The van der Waals surface area contributed by atoms with Gasteiger partial charge in [-0.3, -0.25) is 4.79 Å². The van der Waals surface area contributed by atoms with Gasteiger partial charge in [0.2, 0.25) is 0 Å². The van der Waals surface area contributed by atoms with E-state index in [-0.39, 0.29) is 16.8 Å². The monoisotopic (exact) mass is 271 g/mol. The molecule has 3 heteroatoms. The molecule has 0 saturated carbocycles. The van der Waals surface area contributed by atoms with Crippen LogP contribution in [0.3, 0.4) is 0 Å². The van der Waals surface area contributed by atoms with Crippen LogP contribution in [0.2, 0.25) is 0 Å². The smallest absolute Gasteiger partial charge is 0.189 e. The topological polar surface area (TPSA) is 40.9 Å². The maximum atomic E-state index is 13.7. The van der Waals surface area contributed by atoms with Gasteiger partial charge in [-0.15, -0.1) is 0 Å². The number of carbonyl (C=O) groups excluding carboxylic acids is 1. The average molecular weight is 271 g/mol. The van der Waals surface area contributed by atoms with Crippen molar-refractivity contribution in [2.24, 2.45) is 5.41 Å². The van der Waals surface area contributed by atoms with Gasteiger partial charge in [0, 0.05) is 11.1 Å². The first-order valence-electron chi connectivity index (χ1n) is 6.81. The van der Waals surface area contributed by atoms with E-state index in [1.54, 1.807) is 6.07 Å². The van der Waals surface area contributed by atoms with Gasteiger partial charge < -0.3 is 0 Å². The maximum Gasteiger partial charge on any atom is 0.189 e. The van der Waals surface area contributed by atoms with Crippen molar-refractivity contribution < 1.29 is 9.18 Å². The van der Waals surface area contributed by atoms with Crippen molar-refractivity contribution in [2.75, 3.05) is 0 Å². The summed E-state index contributed by atoms with van der Waals surface area (Å²) in [5.74, 6) is -0.749. The minimum atomic E-state index is -0.634. The van der Waals surface area contributed by atoms with Gasteiger partial charge in [0.25, 0.3) is 0 Å². The fourth-order valence-corrected chi connectivity index (χ4v) is 3.02. The molecule has 0 aromatic heterocycles. The van der Waals surface area contributed by atoms with Gasteiger partial charge in [-0.1, -0.05) is 19.4 Å². The van der Waals surface area contributed by atoms with Crippen LogP contribution in [0.25, 0.3) is 0 Å². The van der Waals surface area contributed by atoms with E-state index in [1.165, 1.54) is 18.2 Å². The highest BCUT2D eigenvalue weighted by Gasteiger charge is 2.33. The van der Waals surface area contributed by atoms with E-state index in [2.05, 4.69) is 13.8 Å². The van der Waals surface area contributed by atoms with Gasteiger partial charge in [-0.2, -0.15) is 5.26 Å². The van der Waals surface area contributed by atoms with Crippen molar-refractivity contribution in [3.05, 3.63) is 46.3 Å². The summed E-state index contributed by atoms with van der Waals surface area (Å²) in [7, 11) is 0. The van der Waals surface area contributed by atoms with Gasteiger partial charge >= 0.3 is 0 Å². The van der Waals surface area contributed by atoms with Crippen LogP contribution in [0.4, 0.5) is 4.39 Å². The SMILES string of the molecule is CC1=C(C(=O)c2ccc(C#N)c(F)c2)C(C)(C)CCC1. The van der Waals surface area contributed by atoms with Crippen LogP contribution in [0.15, 0.2) is 29.3 Å². The van der Waals surface area contributed by atoms with E-state index in [1.807, 2.05) is 6.92 Å². The quantitative estimate of drug-likeness (QED) is 0.748. The molecule has 2 rings (SSSR count). The van der Waals surface area contributed by atoms with Crippen LogP contribution in [-0.2, 0) is 0 Å². The van der Waals surface area contributed by atoms with Crippen molar-refractivity contribution in [3.63, 3.8) is 0 Å². The molecule has 1 aliphatic rings. The second-order valence-electron chi connectivity index (χ2n) is 6.03. The van der Waals surface area contributed by atoms with Gasteiger partial charge in [-0.25, -0.2) is 4.39 Å². The molecule has 0 aliphatic heterocycles. The van der Waals surface area contributed by atoms with E-state index in [0.717, 1.165) is 30.4 Å². The van der Waals surface area contributed by atoms with Gasteiger partial charge in [0.15, 0.2) is 5.78 Å². The lowest BCUT2D eigenvalue weighted by molar-refractivity contribution is 0.0997. The van der Waals surface area contributed by atoms with Crippen molar-refractivity contribution in [1.82, 2.24) is 0 Å². The Hall–Kier alpha value is -1.95. The molecule has 104 valence electrons. The molecule has 0 heterocycles. The molecule has 20 heavy (non-hydrogen) atoms. The molecule has 1 aromatic rings. The number of rotatable bonds is 2. The molecule has 1 aromatic carbocycles. The fraction of sp³-hybridized carbons (Fsp3) is 0.412. The van der Waals surface area contributed by atoms with Crippen LogP contribution in [-0.4, -0.2) is 5.78 Å². The van der Waals surface area contributed by atoms with E-state index in [9.17, 15) is 9.18 Å². The minimum Gasteiger partial charge on any atom is -0.289 e. The molecule has 1 aliphatic carbocycles. The first kappa shape index (κ1) is 14.5. The number of benzene rings is 1. The van der Waals surface area contributed by atoms with Gasteiger partial charge in [0.1, 0.15) is 11.9 Å². The molecule has 0 atom stereocenters. The third kappa shape index (κ3) is 2.51. The Morgan fingerprint density at radius 3 is 2.65 bits per heavy atom. The Labute approximate surface area is 118 Å². The maximum absolute atomic E-state index is 13.7. The molecule has 0 radical (unpaired) electrons. The third-order valence-electron chi connectivity index (χ3n) is 4.04. The number of nitriles is 1. The number of carbonyl (C=O) groups is 1. The fourth-order valence-electron chi connectivity index (χ4n) is 3.02. The number of allylic oxidation sites excluding steroid dienone is 2. The minimum absolute atomic E-state index is 0.0323. The Balaban J connectivity index is 2.46. The standard InChI is InChI=1S/C17H18FNO/c1-11-5-4-8-17(2,3)15(11)16(20)12-6-7-13(10-19)14(18)9-12/h6-7,9H,4-5,8H2,1-3H3. The van der Waals surface area contributed by atoms with Crippen molar-refractivity contribution in [1.29, 1.82) is 5.26 Å². The zero-order chi connectivity index (χ0) is 14.9. The van der Waals surface area contributed by atoms with Crippen LogP contribution < -0.4 is 0 Å². The first-order chi connectivity index (χ1) is 9.36. The van der Waals surface area contributed by atoms with Crippen LogP contribution in [0.5, 0.6) is 0 Å². The Morgan fingerprint density at radius 1 is 1.40 bits per heavy atom. The largest absolute Gasteiger partial charge is 0.289 e. The van der Waals surface area contributed by atoms with Crippen LogP contribution >= 0.6 is 0 Å². The summed E-state index contributed by atoms with van der Waals surface area (Å²) in [6.45, 7) is 6.10. The molecule has 0 fully saturated rings. The Kier molecular flexibility index (Phi) is 3.76. The number of ketones is 1. The number of nitrogens with zero attached hydrogens (tertiary/aromatic N) is 1. The summed E-state index contributed by atoms with van der Waals surface area (Å²) < 4.78 is 13.7. The van der Waals surface area contributed by atoms with Gasteiger partial charge in [-0.05, 0) is 49.8 Å².